The fourth-order valence-corrected chi connectivity index (χ4v) is 2.74. The van der Waals surface area contributed by atoms with E-state index in [1.54, 1.807) is 0 Å². The van der Waals surface area contributed by atoms with Crippen molar-refractivity contribution in [3.8, 4) is 0 Å². The van der Waals surface area contributed by atoms with Crippen LogP contribution in [0.5, 0.6) is 0 Å². The third-order valence-corrected chi connectivity index (χ3v) is 4.73. The Kier molecular flexibility index (Phi) is 4.32. The summed E-state index contributed by atoms with van der Waals surface area (Å²) < 4.78 is 22.6. The van der Waals surface area contributed by atoms with Gasteiger partial charge in [0.25, 0.3) is 0 Å². The van der Waals surface area contributed by atoms with E-state index in [1.807, 2.05) is 0 Å². The van der Waals surface area contributed by atoms with Crippen LogP contribution in [-0.4, -0.2) is 37.9 Å². The molecule has 16 heavy (non-hydrogen) atoms. The Morgan fingerprint density at radius 2 is 1.94 bits per heavy atom. The van der Waals surface area contributed by atoms with Crippen molar-refractivity contribution in [2.45, 2.75) is 38.1 Å². The zero-order valence-electron chi connectivity index (χ0n) is 9.66. The van der Waals surface area contributed by atoms with Gasteiger partial charge >= 0.3 is 0 Å². The molecule has 0 bridgehead atoms. The number of nitrogens with two attached hydrogens (primary N) is 1. The van der Waals surface area contributed by atoms with Gasteiger partial charge in [0, 0.05) is 12.3 Å². The molecule has 5 nitrogen and oxygen atoms in total. The number of amides is 1. The van der Waals surface area contributed by atoms with E-state index in [4.69, 9.17) is 5.73 Å². The van der Waals surface area contributed by atoms with Crippen molar-refractivity contribution in [3.05, 3.63) is 0 Å². The molecule has 1 saturated carbocycles. The Morgan fingerprint density at radius 3 is 2.38 bits per heavy atom. The summed E-state index contributed by atoms with van der Waals surface area (Å²) in [6.07, 6.45) is 3.78. The summed E-state index contributed by atoms with van der Waals surface area (Å²) in [7, 11) is -3.25. The number of rotatable bonds is 5. The average molecular weight is 248 g/mol. The second-order valence-corrected chi connectivity index (χ2v) is 6.77. The van der Waals surface area contributed by atoms with Crippen LogP contribution >= 0.6 is 0 Å². The van der Waals surface area contributed by atoms with Crippen LogP contribution in [0, 0.1) is 0 Å². The van der Waals surface area contributed by atoms with Crippen LogP contribution in [0.2, 0.25) is 0 Å². The summed E-state index contributed by atoms with van der Waals surface area (Å²) in [6, 6.07) is 0. The molecule has 0 aromatic rings. The molecule has 6 heteroatoms. The Balaban J connectivity index is 2.57. The molecule has 94 valence electrons. The first kappa shape index (κ1) is 13.4. The van der Waals surface area contributed by atoms with Gasteiger partial charge in [0.2, 0.25) is 5.91 Å². The smallest absolute Gasteiger partial charge is 0.235 e. The van der Waals surface area contributed by atoms with Crippen molar-refractivity contribution in [3.63, 3.8) is 0 Å². The van der Waals surface area contributed by atoms with E-state index in [9.17, 15) is 13.2 Å². The molecule has 0 atom stereocenters. The third kappa shape index (κ3) is 3.45. The summed E-state index contributed by atoms with van der Waals surface area (Å²) in [5.41, 5.74) is 5.29. The zero-order chi connectivity index (χ0) is 12.2. The van der Waals surface area contributed by atoms with E-state index in [-0.39, 0.29) is 11.3 Å². The lowest BCUT2D eigenvalue weighted by Gasteiger charge is -2.28. The molecule has 0 heterocycles. The first-order chi connectivity index (χ1) is 7.43. The summed E-state index contributed by atoms with van der Waals surface area (Å²) in [6.45, 7) is 1.92. The summed E-state index contributed by atoms with van der Waals surface area (Å²) in [4.78, 5) is 11.6. The van der Waals surface area contributed by atoms with Gasteiger partial charge in [-0.3, -0.25) is 4.79 Å². The highest BCUT2D eigenvalue weighted by Gasteiger charge is 2.34. The highest BCUT2D eigenvalue weighted by Crippen LogP contribution is 2.28. The number of hydrogen-bond acceptors (Lipinski definition) is 4. The van der Waals surface area contributed by atoms with Gasteiger partial charge in [-0.05, 0) is 12.8 Å². The van der Waals surface area contributed by atoms with E-state index in [0.717, 1.165) is 25.7 Å². The Morgan fingerprint density at radius 1 is 1.38 bits per heavy atom. The molecule has 0 radical (unpaired) electrons. The highest BCUT2D eigenvalue weighted by molar-refractivity contribution is 7.92. The molecule has 1 aliphatic rings. The molecular weight excluding hydrogens is 228 g/mol. The van der Waals surface area contributed by atoms with E-state index in [1.165, 1.54) is 6.92 Å². The molecule has 0 aliphatic heterocycles. The van der Waals surface area contributed by atoms with Crippen LogP contribution in [0.4, 0.5) is 0 Å². The quantitative estimate of drug-likeness (QED) is 0.705. The highest BCUT2D eigenvalue weighted by atomic mass is 32.2. The molecule has 1 rings (SSSR count). The van der Waals surface area contributed by atoms with Crippen LogP contribution in [0.25, 0.3) is 0 Å². The van der Waals surface area contributed by atoms with Crippen LogP contribution in [-0.2, 0) is 14.6 Å². The zero-order valence-corrected chi connectivity index (χ0v) is 10.5. The van der Waals surface area contributed by atoms with Crippen molar-refractivity contribution in [2.75, 3.05) is 18.1 Å². The molecular formula is C10H20N2O3S. The molecule has 0 aromatic carbocycles. The molecule has 3 N–H and O–H groups in total. The first-order valence-corrected chi connectivity index (χ1v) is 7.47. The monoisotopic (exact) mass is 248 g/mol. The van der Waals surface area contributed by atoms with Gasteiger partial charge in [0.05, 0.1) is 5.54 Å². The predicted molar refractivity (Wildman–Crippen MR) is 62.7 cm³/mol. The lowest BCUT2D eigenvalue weighted by atomic mass is 9.98. The standard InChI is InChI=1S/C10H20N2O3S/c1-2-16(14,15)7-9(13)12-10(8-11)5-3-4-6-10/h2-8,11H2,1H3,(H,12,13). The average Bonchev–Trinajstić information content (AvgIpc) is 2.66. The minimum Gasteiger partial charge on any atom is -0.349 e. The normalized spacial score (nSPS) is 19.6. The maximum Gasteiger partial charge on any atom is 0.235 e. The second-order valence-electron chi connectivity index (χ2n) is 4.42. The van der Waals surface area contributed by atoms with Crippen LogP contribution in [0.15, 0.2) is 0 Å². The summed E-state index contributed by atoms with van der Waals surface area (Å²) >= 11 is 0. The maximum atomic E-state index is 11.6. The molecule has 0 saturated heterocycles. The Labute approximate surface area is 96.7 Å². The van der Waals surface area contributed by atoms with Crippen molar-refractivity contribution in [1.82, 2.24) is 5.32 Å². The predicted octanol–water partition coefficient (Wildman–Crippen LogP) is -0.191. The van der Waals surface area contributed by atoms with Gasteiger partial charge in [-0.2, -0.15) is 0 Å². The fraction of sp³-hybridized carbons (Fsp3) is 0.900. The molecule has 1 amide bonds. The Bertz CT molecular complexity index is 345. The minimum absolute atomic E-state index is 0.00392. The topological polar surface area (TPSA) is 89.3 Å². The molecule has 0 aromatic heterocycles. The van der Waals surface area contributed by atoms with E-state index < -0.39 is 21.5 Å². The SMILES string of the molecule is CCS(=O)(=O)CC(=O)NC1(CN)CCCC1. The van der Waals surface area contributed by atoms with Gasteiger partial charge in [0.1, 0.15) is 5.75 Å². The first-order valence-electron chi connectivity index (χ1n) is 5.64. The molecule has 0 spiro atoms. The number of nitrogens with one attached hydrogen (secondary N) is 1. The van der Waals surface area contributed by atoms with Crippen LogP contribution in [0.3, 0.4) is 0 Å². The van der Waals surface area contributed by atoms with Gasteiger partial charge in [0.15, 0.2) is 9.84 Å². The second kappa shape index (κ2) is 5.14. The van der Waals surface area contributed by atoms with E-state index in [2.05, 4.69) is 5.32 Å². The molecule has 1 fully saturated rings. The molecule has 1 aliphatic carbocycles. The largest absolute Gasteiger partial charge is 0.349 e. The van der Waals surface area contributed by atoms with Gasteiger partial charge in [-0.15, -0.1) is 0 Å². The lowest BCUT2D eigenvalue weighted by molar-refractivity contribution is -0.120. The van der Waals surface area contributed by atoms with Crippen LogP contribution < -0.4 is 11.1 Å². The van der Waals surface area contributed by atoms with E-state index >= 15 is 0 Å². The third-order valence-electron chi connectivity index (χ3n) is 3.15. The molecule has 0 unspecified atom stereocenters. The van der Waals surface area contributed by atoms with E-state index in [0.29, 0.717) is 6.54 Å². The van der Waals surface area contributed by atoms with Crippen molar-refractivity contribution >= 4 is 15.7 Å². The van der Waals surface area contributed by atoms with Gasteiger partial charge in [-0.1, -0.05) is 19.8 Å². The number of sulfone groups is 1. The lowest BCUT2D eigenvalue weighted by Crippen LogP contribution is -2.53. The van der Waals surface area contributed by atoms with Crippen molar-refractivity contribution in [1.29, 1.82) is 0 Å². The number of carbonyl (C=O) groups is 1. The van der Waals surface area contributed by atoms with Gasteiger partial charge in [-0.25, -0.2) is 8.42 Å². The summed E-state index contributed by atoms with van der Waals surface area (Å²) in [5.74, 6) is -0.851. The van der Waals surface area contributed by atoms with Gasteiger partial charge < -0.3 is 11.1 Å². The maximum absolute atomic E-state index is 11.6. The fourth-order valence-electron chi connectivity index (χ4n) is 2.07. The summed E-state index contributed by atoms with van der Waals surface area (Å²) in [5, 5.41) is 2.79. The van der Waals surface area contributed by atoms with Crippen molar-refractivity contribution in [2.24, 2.45) is 5.73 Å². The van der Waals surface area contributed by atoms with Crippen molar-refractivity contribution < 1.29 is 13.2 Å². The minimum atomic E-state index is -3.25. The Hall–Kier alpha value is -0.620. The van der Waals surface area contributed by atoms with Crippen LogP contribution in [0.1, 0.15) is 32.6 Å². The number of carbonyl (C=O) groups excluding carboxylic acids is 1. The number of hydrogen-bond donors (Lipinski definition) is 2.